The first-order valence-corrected chi connectivity index (χ1v) is 4.57. The van der Waals surface area contributed by atoms with Gasteiger partial charge in [0.1, 0.15) is 0 Å². The van der Waals surface area contributed by atoms with E-state index >= 15 is 0 Å². The third kappa shape index (κ3) is 5.26. The Hall–Kier alpha value is -2.09. The van der Waals surface area contributed by atoms with E-state index < -0.39 is 0 Å². The van der Waals surface area contributed by atoms with Crippen LogP contribution < -0.4 is 0 Å². The fourth-order valence-electron chi connectivity index (χ4n) is 0.982. The van der Waals surface area contributed by atoms with E-state index in [0.717, 1.165) is 5.56 Å². The summed E-state index contributed by atoms with van der Waals surface area (Å²) in [6.07, 6.45) is 10.5. The summed E-state index contributed by atoms with van der Waals surface area (Å²) in [6, 6.07) is 10.0. The molecule has 0 aliphatic carbocycles. The largest absolute Gasteiger partial charge is 0.437 e. The highest BCUT2D eigenvalue weighted by molar-refractivity contribution is 5.50. The fraction of sp³-hybridized carbons (Fsp3) is 0. The number of rotatable bonds is 5. The number of benzene rings is 1. The Balaban J connectivity index is 2.37. The molecular formula is C13H12O2. The normalized spacial score (nSPS) is 11.5. The molecule has 0 aliphatic rings. The Morgan fingerprint density at radius 2 is 1.67 bits per heavy atom. The number of hydrogen-bond donors (Lipinski definition) is 0. The third-order valence-electron chi connectivity index (χ3n) is 1.63. The number of allylic oxidation sites excluding steroid dienone is 4. The number of hydrogen-bond acceptors (Lipinski definition) is 2. The van der Waals surface area contributed by atoms with Crippen LogP contribution in [0.2, 0.25) is 0 Å². The van der Waals surface area contributed by atoms with Gasteiger partial charge in [-0.2, -0.15) is 0 Å². The molecule has 0 radical (unpaired) electrons. The molecule has 1 aromatic rings. The highest BCUT2D eigenvalue weighted by Gasteiger charge is 1.79. The number of carbonyl (C=O) groups is 1. The molecular weight excluding hydrogens is 188 g/mol. The molecule has 1 aromatic carbocycles. The molecule has 76 valence electrons. The molecule has 1 rings (SSSR count). The van der Waals surface area contributed by atoms with Crippen molar-refractivity contribution < 1.29 is 9.53 Å². The lowest BCUT2D eigenvalue weighted by Crippen LogP contribution is -1.70. The Kier molecular flexibility index (Phi) is 5.37. The molecule has 0 saturated heterocycles. The lowest BCUT2D eigenvalue weighted by Gasteiger charge is -1.87. The zero-order chi connectivity index (χ0) is 10.8. The van der Waals surface area contributed by atoms with Gasteiger partial charge >= 0.3 is 0 Å². The van der Waals surface area contributed by atoms with Crippen LogP contribution >= 0.6 is 0 Å². The lowest BCUT2D eigenvalue weighted by molar-refractivity contribution is -0.123. The van der Waals surface area contributed by atoms with E-state index in [1.165, 1.54) is 6.26 Å². The summed E-state index contributed by atoms with van der Waals surface area (Å²) in [7, 11) is 0. The van der Waals surface area contributed by atoms with Crippen LogP contribution in [-0.4, -0.2) is 6.47 Å². The average molecular weight is 200 g/mol. The third-order valence-corrected chi connectivity index (χ3v) is 1.63. The Bertz CT molecular complexity index is 361. The minimum Gasteiger partial charge on any atom is -0.437 e. The van der Waals surface area contributed by atoms with Gasteiger partial charge in [0.15, 0.2) is 0 Å². The van der Waals surface area contributed by atoms with E-state index in [9.17, 15) is 4.79 Å². The van der Waals surface area contributed by atoms with Crippen LogP contribution in [0.3, 0.4) is 0 Å². The predicted octanol–water partition coefficient (Wildman–Crippen LogP) is 2.94. The molecule has 0 atom stereocenters. The van der Waals surface area contributed by atoms with Crippen molar-refractivity contribution in [2.24, 2.45) is 0 Å². The zero-order valence-electron chi connectivity index (χ0n) is 8.24. The molecule has 2 nitrogen and oxygen atoms in total. The summed E-state index contributed by atoms with van der Waals surface area (Å²) in [5, 5.41) is 0. The maximum Gasteiger partial charge on any atom is 0.297 e. The summed E-state index contributed by atoms with van der Waals surface area (Å²) >= 11 is 0. The van der Waals surface area contributed by atoms with Crippen LogP contribution in [0.4, 0.5) is 0 Å². The molecule has 0 N–H and O–H groups in total. The van der Waals surface area contributed by atoms with Crippen molar-refractivity contribution in [3.05, 3.63) is 66.5 Å². The summed E-state index contributed by atoms with van der Waals surface area (Å²) in [4.78, 5) is 9.77. The molecule has 0 aliphatic heterocycles. The predicted molar refractivity (Wildman–Crippen MR) is 60.9 cm³/mol. The number of carbonyl (C=O) groups excluding carboxylic acids is 1. The van der Waals surface area contributed by atoms with Gasteiger partial charge in [-0.05, 0) is 11.6 Å². The Morgan fingerprint density at radius 3 is 2.40 bits per heavy atom. The minimum atomic E-state index is 0.379. The first-order chi connectivity index (χ1) is 7.43. The van der Waals surface area contributed by atoms with E-state index in [-0.39, 0.29) is 0 Å². The van der Waals surface area contributed by atoms with Crippen LogP contribution in [0, 0.1) is 0 Å². The maximum absolute atomic E-state index is 9.77. The standard InChI is InChI=1S/C13H12O2/c14-12-15-11-7-2-1-4-8-13-9-5-3-6-10-13/h1-12H. The van der Waals surface area contributed by atoms with Gasteiger partial charge in [-0.25, -0.2) is 0 Å². The number of ether oxygens (including phenoxy) is 1. The summed E-state index contributed by atoms with van der Waals surface area (Å²) in [5.74, 6) is 0. The Labute approximate surface area is 89.2 Å². The van der Waals surface area contributed by atoms with E-state index in [1.807, 2.05) is 48.6 Å². The lowest BCUT2D eigenvalue weighted by atomic mass is 10.2. The molecule has 0 aromatic heterocycles. The van der Waals surface area contributed by atoms with Gasteiger partial charge in [0, 0.05) is 0 Å². The van der Waals surface area contributed by atoms with Crippen LogP contribution in [0.25, 0.3) is 6.08 Å². The SMILES string of the molecule is O=COC=CC=CC=Cc1ccccc1. The first-order valence-electron chi connectivity index (χ1n) is 4.57. The van der Waals surface area contributed by atoms with Crippen molar-refractivity contribution in [3.8, 4) is 0 Å². The van der Waals surface area contributed by atoms with Crippen LogP contribution in [0.5, 0.6) is 0 Å². The molecule has 0 heterocycles. The van der Waals surface area contributed by atoms with Gasteiger partial charge in [0.05, 0.1) is 6.26 Å². The van der Waals surface area contributed by atoms with Gasteiger partial charge < -0.3 is 4.74 Å². The molecule has 0 fully saturated rings. The fourth-order valence-corrected chi connectivity index (χ4v) is 0.982. The zero-order valence-corrected chi connectivity index (χ0v) is 8.24. The highest BCUT2D eigenvalue weighted by atomic mass is 16.5. The van der Waals surface area contributed by atoms with Gasteiger partial charge in [-0.1, -0.05) is 54.6 Å². The van der Waals surface area contributed by atoms with Crippen molar-refractivity contribution in [1.29, 1.82) is 0 Å². The van der Waals surface area contributed by atoms with Gasteiger partial charge in [-0.15, -0.1) is 0 Å². The molecule has 0 saturated carbocycles. The van der Waals surface area contributed by atoms with Crippen molar-refractivity contribution in [2.45, 2.75) is 0 Å². The second-order valence-corrected chi connectivity index (χ2v) is 2.72. The van der Waals surface area contributed by atoms with Crippen molar-refractivity contribution >= 4 is 12.5 Å². The molecule has 15 heavy (non-hydrogen) atoms. The molecule has 0 bridgehead atoms. The Morgan fingerprint density at radius 1 is 0.933 bits per heavy atom. The summed E-state index contributed by atoms with van der Waals surface area (Å²) in [5.41, 5.74) is 1.15. The van der Waals surface area contributed by atoms with Crippen molar-refractivity contribution in [3.63, 3.8) is 0 Å². The van der Waals surface area contributed by atoms with Gasteiger partial charge in [0.25, 0.3) is 6.47 Å². The topological polar surface area (TPSA) is 26.3 Å². The first kappa shape index (κ1) is 11.0. The average Bonchev–Trinajstić information content (AvgIpc) is 2.29. The van der Waals surface area contributed by atoms with Crippen molar-refractivity contribution in [2.75, 3.05) is 0 Å². The van der Waals surface area contributed by atoms with E-state index in [1.54, 1.807) is 12.2 Å². The summed E-state index contributed by atoms with van der Waals surface area (Å²) in [6.45, 7) is 0.379. The second kappa shape index (κ2) is 7.33. The quantitative estimate of drug-likeness (QED) is 0.415. The molecule has 0 spiro atoms. The maximum atomic E-state index is 9.77. The van der Waals surface area contributed by atoms with Crippen LogP contribution in [-0.2, 0) is 9.53 Å². The van der Waals surface area contributed by atoms with Crippen molar-refractivity contribution in [1.82, 2.24) is 0 Å². The second-order valence-electron chi connectivity index (χ2n) is 2.72. The molecule has 0 amide bonds. The monoisotopic (exact) mass is 200 g/mol. The summed E-state index contributed by atoms with van der Waals surface area (Å²) < 4.78 is 4.36. The van der Waals surface area contributed by atoms with E-state index in [4.69, 9.17) is 0 Å². The van der Waals surface area contributed by atoms with Gasteiger partial charge in [0.2, 0.25) is 0 Å². The van der Waals surface area contributed by atoms with E-state index in [0.29, 0.717) is 6.47 Å². The van der Waals surface area contributed by atoms with E-state index in [2.05, 4.69) is 4.74 Å². The van der Waals surface area contributed by atoms with Crippen LogP contribution in [0.15, 0.2) is 60.9 Å². The van der Waals surface area contributed by atoms with Crippen LogP contribution in [0.1, 0.15) is 5.56 Å². The smallest absolute Gasteiger partial charge is 0.297 e. The highest BCUT2D eigenvalue weighted by Crippen LogP contribution is 2.00. The molecule has 0 unspecified atom stereocenters. The molecule has 2 heteroatoms. The van der Waals surface area contributed by atoms with Gasteiger partial charge in [-0.3, -0.25) is 4.79 Å². The minimum absolute atomic E-state index is 0.379.